The molecule has 150 valence electrons. The first-order chi connectivity index (χ1) is 14.1. The Bertz CT molecular complexity index is 938. The highest BCUT2D eigenvalue weighted by molar-refractivity contribution is 5.94. The lowest BCUT2D eigenvalue weighted by Gasteiger charge is -2.15. The second-order valence-electron chi connectivity index (χ2n) is 6.20. The van der Waals surface area contributed by atoms with Crippen molar-refractivity contribution in [1.29, 1.82) is 0 Å². The number of benzene rings is 3. The number of ether oxygens (including phenoxy) is 4. The van der Waals surface area contributed by atoms with E-state index in [1.165, 1.54) is 0 Å². The van der Waals surface area contributed by atoms with Crippen LogP contribution >= 0.6 is 0 Å². The summed E-state index contributed by atoms with van der Waals surface area (Å²) in [6, 6.07) is 21.6. The summed E-state index contributed by atoms with van der Waals surface area (Å²) in [7, 11) is 3.19. The van der Waals surface area contributed by atoms with Gasteiger partial charge in [-0.1, -0.05) is 12.1 Å². The zero-order chi connectivity index (χ0) is 20.6. The molecule has 1 atom stereocenters. The van der Waals surface area contributed by atoms with E-state index >= 15 is 0 Å². The van der Waals surface area contributed by atoms with E-state index in [9.17, 15) is 4.79 Å². The number of para-hydroxylation sites is 2. The standard InChI is InChI=1S/C23H23NO5/c1-16(28-19-14-12-18(26-2)13-15-19)23(25)24-17-8-10-20(11-9-17)29-22-7-5-4-6-21(22)27-3/h4-16H,1-3H3,(H,24,25). The van der Waals surface area contributed by atoms with Crippen LogP contribution in [0.4, 0.5) is 5.69 Å². The van der Waals surface area contributed by atoms with Crippen LogP contribution in [0.15, 0.2) is 72.8 Å². The summed E-state index contributed by atoms with van der Waals surface area (Å²) < 4.78 is 21.9. The number of methoxy groups -OCH3 is 2. The average Bonchev–Trinajstić information content (AvgIpc) is 2.76. The molecule has 0 aromatic heterocycles. The summed E-state index contributed by atoms with van der Waals surface area (Å²) in [5, 5.41) is 2.83. The fourth-order valence-corrected chi connectivity index (χ4v) is 2.59. The van der Waals surface area contributed by atoms with Crippen LogP contribution < -0.4 is 24.3 Å². The van der Waals surface area contributed by atoms with E-state index in [2.05, 4.69) is 5.32 Å². The van der Waals surface area contributed by atoms with Crippen molar-refractivity contribution in [1.82, 2.24) is 0 Å². The normalized spacial score (nSPS) is 11.3. The number of carbonyl (C=O) groups is 1. The summed E-state index contributed by atoms with van der Waals surface area (Å²) in [6.07, 6.45) is -0.659. The van der Waals surface area contributed by atoms with E-state index in [1.807, 2.05) is 24.3 Å². The maximum absolute atomic E-state index is 12.4. The predicted molar refractivity (Wildman–Crippen MR) is 111 cm³/mol. The molecule has 0 aliphatic carbocycles. The first-order valence-corrected chi connectivity index (χ1v) is 9.11. The van der Waals surface area contributed by atoms with Gasteiger partial charge in [0.15, 0.2) is 17.6 Å². The Balaban J connectivity index is 1.57. The van der Waals surface area contributed by atoms with Crippen LogP contribution in [0, 0.1) is 0 Å². The molecule has 0 saturated carbocycles. The Morgan fingerprint density at radius 1 is 0.759 bits per heavy atom. The van der Waals surface area contributed by atoms with Crippen molar-refractivity contribution in [2.75, 3.05) is 19.5 Å². The van der Waals surface area contributed by atoms with Crippen molar-refractivity contribution in [2.45, 2.75) is 13.0 Å². The zero-order valence-corrected chi connectivity index (χ0v) is 16.5. The smallest absolute Gasteiger partial charge is 0.265 e. The Labute approximate surface area is 170 Å². The molecule has 29 heavy (non-hydrogen) atoms. The minimum atomic E-state index is -0.659. The van der Waals surface area contributed by atoms with Gasteiger partial charge in [-0.15, -0.1) is 0 Å². The highest BCUT2D eigenvalue weighted by Crippen LogP contribution is 2.31. The van der Waals surface area contributed by atoms with Gasteiger partial charge in [0, 0.05) is 5.69 Å². The number of rotatable bonds is 8. The van der Waals surface area contributed by atoms with Crippen molar-refractivity contribution in [3.8, 4) is 28.7 Å². The molecule has 1 amide bonds. The molecule has 1 N–H and O–H groups in total. The third-order valence-electron chi connectivity index (χ3n) is 4.16. The number of hydrogen-bond acceptors (Lipinski definition) is 5. The number of anilines is 1. The minimum Gasteiger partial charge on any atom is -0.497 e. The van der Waals surface area contributed by atoms with E-state index in [-0.39, 0.29) is 5.91 Å². The molecule has 3 rings (SSSR count). The highest BCUT2D eigenvalue weighted by atomic mass is 16.5. The number of nitrogens with one attached hydrogen (secondary N) is 1. The van der Waals surface area contributed by atoms with E-state index in [4.69, 9.17) is 18.9 Å². The number of amides is 1. The second kappa shape index (κ2) is 9.50. The molecule has 0 aliphatic heterocycles. The summed E-state index contributed by atoms with van der Waals surface area (Å²) in [5.41, 5.74) is 0.646. The molecule has 0 bridgehead atoms. The first-order valence-electron chi connectivity index (χ1n) is 9.11. The van der Waals surface area contributed by atoms with Gasteiger partial charge in [0.2, 0.25) is 0 Å². The molecule has 0 spiro atoms. The molecule has 0 radical (unpaired) electrons. The number of carbonyl (C=O) groups excluding carboxylic acids is 1. The van der Waals surface area contributed by atoms with Gasteiger partial charge in [-0.3, -0.25) is 4.79 Å². The molecular weight excluding hydrogens is 370 g/mol. The van der Waals surface area contributed by atoms with Gasteiger partial charge in [0.05, 0.1) is 14.2 Å². The quantitative estimate of drug-likeness (QED) is 0.589. The largest absolute Gasteiger partial charge is 0.497 e. The Kier molecular flexibility index (Phi) is 6.58. The summed E-state index contributed by atoms with van der Waals surface area (Å²) >= 11 is 0. The van der Waals surface area contributed by atoms with Gasteiger partial charge in [0.1, 0.15) is 17.2 Å². The molecule has 1 unspecified atom stereocenters. The topological polar surface area (TPSA) is 66.0 Å². The molecular formula is C23H23NO5. The van der Waals surface area contributed by atoms with Crippen molar-refractivity contribution in [2.24, 2.45) is 0 Å². The SMILES string of the molecule is COc1ccc(OC(C)C(=O)Nc2ccc(Oc3ccccc3OC)cc2)cc1. The molecule has 6 heteroatoms. The van der Waals surface area contributed by atoms with Crippen LogP contribution in [0.5, 0.6) is 28.7 Å². The van der Waals surface area contributed by atoms with Crippen LogP contribution in [-0.4, -0.2) is 26.2 Å². The van der Waals surface area contributed by atoms with E-state index < -0.39 is 6.10 Å². The fraction of sp³-hybridized carbons (Fsp3) is 0.174. The highest BCUT2D eigenvalue weighted by Gasteiger charge is 2.15. The maximum Gasteiger partial charge on any atom is 0.265 e. The predicted octanol–water partition coefficient (Wildman–Crippen LogP) is 4.90. The van der Waals surface area contributed by atoms with Crippen molar-refractivity contribution in [3.63, 3.8) is 0 Å². The van der Waals surface area contributed by atoms with Gasteiger partial charge in [-0.2, -0.15) is 0 Å². The van der Waals surface area contributed by atoms with Gasteiger partial charge < -0.3 is 24.3 Å². The third kappa shape index (κ3) is 5.42. The summed E-state index contributed by atoms with van der Waals surface area (Å²) in [6.45, 7) is 1.69. The van der Waals surface area contributed by atoms with Crippen LogP contribution in [0.2, 0.25) is 0 Å². The lowest BCUT2D eigenvalue weighted by Crippen LogP contribution is -2.30. The lowest BCUT2D eigenvalue weighted by atomic mass is 10.2. The number of hydrogen-bond donors (Lipinski definition) is 1. The molecule has 3 aromatic carbocycles. The van der Waals surface area contributed by atoms with Crippen LogP contribution in [0.3, 0.4) is 0 Å². The van der Waals surface area contributed by atoms with Gasteiger partial charge >= 0.3 is 0 Å². The van der Waals surface area contributed by atoms with Crippen molar-refractivity contribution in [3.05, 3.63) is 72.8 Å². The summed E-state index contributed by atoms with van der Waals surface area (Å²) in [4.78, 5) is 12.4. The van der Waals surface area contributed by atoms with E-state index in [1.54, 1.807) is 69.7 Å². The first kappa shape index (κ1) is 20.1. The summed E-state index contributed by atoms with van der Waals surface area (Å²) in [5.74, 6) is 2.97. The van der Waals surface area contributed by atoms with Crippen LogP contribution in [0.25, 0.3) is 0 Å². The Hall–Kier alpha value is -3.67. The van der Waals surface area contributed by atoms with Crippen LogP contribution in [-0.2, 0) is 4.79 Å². The molecule has 0 heterocycles. The average molecular weight is 393 g/mol. The molecule has 0 saturated heterocycles. The van der Waals surface area contributed by atoms with E-state index in [0.717, 1.165) is 5.75 Å². The maximum atomic E-state index is 12.4. The monoisotopic (exact) mass is 393 g/mol. The van der Waals surface area contributed by atoms with Crippen molar-refractivity contribution < 1.29 is 23.7 Å². The molecule has 0 fully saturated rings. The molecule has 6 nitrogen and oxygen atoms in total. The molecule has 3 aromatic rings. The van der Waals surface area contributed by atoms with Crippen LogP contribution in [0.1, 0.15) is 6.92 Å². The van der Waals surface area contributed by atoms with Crippen molar-refractivity contribution >= 4 is 11.6 Å². The fourth-order valence-electron chi connectivity index (χ4n) is 2.59. The van der Waals surface area contributed by atoms with E-state index in [0.29, 0.717) is 28.7 Å². The minimum absolute atomic E-state index is 0.251. The zero-order valence-electron chi connectivity index (χ0n) is 16.5. The Morgan fingerprint density at radius 2 is 1.34 bits per heavy atom. The Morgan fingerprint density at radius 3 is 1.97 bits per heavy atom. The lowest BCUT2D eigenvalue weighted by molar-refractivity contribution is -0.122. The second-order valence-corrected chi connectivity index (χ2v) is 6.20. The third-order valence-corrected chi connectivity index (χ3v) is 4.16. The molecule has 0 aliphatic rings. The van der Waals surface area contributed by atoms with Gasteiger partial charge in [-0.25, -0.2) is 0 Å². The van der Waals surface area contributed by atoms with Gasteiger partial charge in [0.25, 0.3) is 5.91 Å². The van der Waals surface area contributed by atoms with Gasteiger partial charge in [-0.05, 0) is 67.6 Å².